The fourth-order valence-corrected chi connectivity index (χ4v) is 3.37. The molecule has 21 heavy (non-hydrogen) atoms. The lowest BCUT2D eigenvalue weighted by Crippen LogP contribution is -2.08. The lowest BCUT2D eigenvalue weighted by molar-refractivity contribution is -0.384. The van der Waals surface area contributed by atoms with Gasteiger partial charge < -0.3 is 10.1 Å². The molecule has 1 aromatic rings. The first kappa shape index (κ1) is 16.1. The summed E-state index contributed by atoms with van der Waals surface area (Å²) in [6, 6.07) is 5.46. The SMILES string of the molecule is CCCNc1ccc(CSCC2CCCO2)cc1[N+](=O)[O-]. The molecular formula is C15H22N2O3S. The molecule has 0 radical (unpaired) electrons. The van der Waals surface area contributed by atoms with E-state index in [1.54, 1.807) is 17.8 Å². The van der Waals surface area contributed by atoms with Crippen molar-refractivity contribution < 1.29 is 9.66 Å². The van der Waals surface area contributed by atoms with Crippen molar-refractivity contribution in [1.82, 2.24) is 0 Å². The first-order valence-corrected chi connectivity index (χ1v) is 8.56. The van der Waals surface area contributed by atoms with Gasteiger partial charge in [-0.25, -0.2) is 0 Å². The van der Waals surface area contributed by atoms with Gasteiger partial charge in [0, 0.05) is 30.7 Å². The maximum atomic E-state index is 11.2. The van der Waals surface area contributed by atoms with Crippen molar-refractivity contribution in [3.8, 4) is 0 Å². The Kier molecular flexibility index (Phi) is 6.32. The number of rotatable bonds is 8. The second-order valence-corrected chi connectivity index (χ2v) is 6.22. The highest BCUT2D eigenvalue weighted by atomic mass is 32.2. The minimum Gasteiger partial charge on any atom is -0.380 e. The van der Waals surface area contributed by atoms with Crippen molar-refractivity contribution >= 4 is 23.1 Å². The van der Waals surface area contributed by atoms with Crippen LogP contribution in [0.2, 0.25) is 0 Å². The molecule has 0 amide bonds. The summed E-state index contributed by atoms with van der Waals surface area (Å²) in [7, 11) is 0. The molecule has 1 unspecified atom stereocenters. The molecule has 5 nitrogen and oxygen atoms in total. The first-order valence-electron chi connectivity index (χ1n) is 7.41. The second-order valence-electron chi connectivity index (χ2n) is 5.19. The number of benzene rings is 1. The molecular weight excluding hydrogens is 288 g/mol. The van der Waals surface area contributed by atoms with Crippen LogP contribution in [-0.4, -0.2) is 29.9 Å². The minimum atomic E-state index is -0.313. The molecule has 1 atom stereocenters. The van der Waals surface area contributed by atoms with E-state index in [0.29, 0.717) is 11.8 Å². The van der Waals surface area contributed by atoms with Crippen LogP contribution in [0.25, 0.3) is 0 Å². The van der Waals surface area contributed by atoms with Gasteiger partial charge in [0.15, 0.2) is 0 Å². The Morgan fingerprint density at radius 1 is 1.52 bits per heavy atom. The van der Waals surface area contributed by atoms with Gasteiger partial charge in [-0.05, 0) is 30.9 Å². The molecule has 1 fully saturated rings. The van der Waals surface area contributed by atoms with Gasteiger partial charge in [-0.1, -0.05) is 13.0 Å². The Labute approximate surface area is 129 Å². The molecule has 0 spiro atoms. The number of ether oxygens (including phenoxy) is 1. The van der Waals surface area contributed by atoms with Gasteiger partial charge in [0.1, 0.15) is 5.69 Å². The minimum absolute atomic E-state index is 0.165. The molecule has 6 heteroatoms. The molecule has 0 saturated carbocycles. The van der Waals surface area contributed by atoms with Crippen molar-refractivity contribution in [2.24, 2.45) is 0 Å². The van der Waals surface area contributed by atoms with Gasteiger partial charge in [0.25, 0.3) is 5.69 Å². The number of hydrogen-bond acceptors (Lipinski definition) is 5. The summed E-state index contributed by atoms with van der Waals surface area (Å²) in [6.45, 7) is 3.65. The lowest BCUT2D eigenvalue weighted by atomic mass is 10.2. The number of nitrogens with one attached hydrogen (secondary N) is 1. The standard InChI is InChI=1S/C15H22N2O3S/c1-2-7-16-14-6-5-12(9-15(14)17(18)19)10-21-11-13-4-3-8-20-13/h5-6,9,13,16H,2-4,7-8,10-11H2,1H3. The molecule has 116 valence electrons. The largest absolute Gasteiger partial charge is 0.380 e. The molecule has 1 heterocycles. The maximum Gasteiger partial charge on any atom is 0.292 e. The molecule has 1 aromatic carbocycles. The third-order valence-corrected chi connectivity index (χ3v) is 4.57. The zero-order valence-electron chi connectivity index (χ0n) is 12.3. The van der Waals surface area contributed by atoms with Crippen molar-refractivity contribution in [3.63, 3.8) is 0 Å². The Morgan fingerprint density at radius 2 is 2.38 bits per heavy atom. The Balaban J connectivity index is 1.93. The maximum absolute atomic E-state index is 11.2. The van der Waals surface area contributed by atoms with Crippen LogP contribution in [0.5, 0.6) is 0 Å². The average molecular weight is 310 g/mol. The van der Waals surface area contributed by atoms with Crippen molar-refractivity contribution in [2.45, 2.75) is 38.0 Å². The van der Waals surface area contributed by atoms with E-state index in [1.165, 1.54) is 0 Å². The third-order valence-electron chi connectivity index (χ3n) is 3.42. The van der Waals surface area contributed by atoms with Crippen LogP contribution in [0.3, 0.4) is 0 Å². The lowest BCUT2D eigenvalue weighted by Gasteiger charge is -2.10. The average Bonchev–Trinajstić information content (AvgIpc) is 2.99. The van der Waals surface area contributed by atoms with Crippen LogP contribution in [0.1, 0.15) is 31.7 Å². The van der Waals surface area contributed by atoms with Gasteiger partial charge >= 0.3 is 0 Å². The van der Waals surface area contributed by atoms with Crippen LogP contribution in [0.4, 0.5) is 11.4 Å². The summed E-state index contributed by atoms with van der Waals surface area (Å²) in [5.74, 6) is 1.75. The summed E-state index contributed by atoms with van der Waals surface area (Å²) >= 11 is 1.78. The van der Waals surface area contributed by atoms with Gasteiger partial charge in [-0.3, -0.25) is 10.1 Å². The number of nitro groups is 1. The van der Waals surface area contributed by atoms with Crippen molar-refractivity contribution in [2.75, 3.05) is 24.2 Å². The molecule has 0 aromatic heterocycles. The fraction of sp³-hybridized carbons (Fsp3) is 0.600. The van der Waals surface area contributed by atoms with E-state index in [0.717, 1.165) is 49.5 Å². The summed E-state index contributed by atoms with van der Waals surface area (Å²) in [4.78, 5) is 10.8. The van der Waals surface area contributed by atoms with Crippen LogP contribution < -0.4 is 5.32 Å². The number of nitro benzene ring substituents is 1. The Hall–Kier alpha value is -1.27. The third kappa shape index (κ3) is 4.89. The van der Waals surface area contributed by atoms with Crippen LogP contribution in [0, 0.1) is 10.1 Å². The first-order chi connectivity index (χ1) is 10.2. The van der Waals surface area contributed by atoms with E-state index >= 15 is 0 Å². The molecule has 1 aliphatic rings. The van der Waals surface area contributed by atoms with Gasteiger partial charge in [0.2, 0.25) is 0 Å². The number of thioether (sulfide) groups is 1. The number of anilines is 1. The van der Waals surface area contributed by atoms with Gasteiger partial charge in [-0.2, -0.15) is 11.8 Å². The normalized spacial score (nSPS) is 17.9. The molecule has 1 N–H and O–H groups in total. The summed E-state index contributed by atoms with van der Waals surface area (Å²) in [6.07, 6.45) is 3.58. The summed E-state index contributed by atoms with van der Waals surface area (Å²) in [5.41, 5.74) is 1.76. The van der Waals surface area contributed by atoms with Crippen LogP contribution in [-0.2, 0) is 10.5 Å². The fourth-order valence-electron chi connectivity index (χ4n) is 2.31. The van der Waals surface area contributed by atoms with E-state index in [1.807, 2.05) is 19.1 Å². The number of hydrogen-bond donors (Lipinski definition) is 1. The predicted molar refractivity (Wildman–Crippen MR) is 87.0 cm³/mol. The Morgan fingerprint density at radius 3 is 3.05 bits per heavy atom. The van der Waals surface area contributed by atoms with E-state index in [-0.39, 0.29) is 10.6 Å². The van der Waals surface area contributed by atoms with E-state index < -0.39 is 0 Å². The van der Waals surface area contributed by atoms with Gasteiger partial charge in [0.05, 0.1) is 11.0 Å². The molecule has 1 aliphatic heterocycles. The van der Waals surface area contributed by atoms with E-state index in [9.17, 15) is 10.1 Å². The molecule has 0 aliphatic carbocycles. The zero-order chi connectivity index (χ0) is 15.1. The van der Waals surface area contributed by atoms with E-state index in [4.69, 9.17) is 4.74 Å². The predicted octanol–water partition coefficient (Wildman–Crippen LogP) is 3.83. The second kappa shape index (κ2) is 8.24. The van der Waals surface area contributed by atoms with E-state index in [2.05, 4.69) is 5.32 Å². The Bertz CT molecular complexity index is 476. The smallest absolute Gasteiger partial charge is 0.292 e. The molecule has 0 bridgehead atoms. The molecule has 1 saturated heterocycles. The van der Waals surface area contributed by atoms with Crippen molar-refractivity contribution in [1.29, 1.82) is 0 Å². The zero-order valence-corrected chi connectivity index (χ0v) is 13.2. The van der Waals surface area contributed by atoms with Gasteiger partial charge in [-0.15, -0.1) is 0 Å². The highest BCUT2D eigenvalue weighted by molar-refractivity contribution is 7.98. The quantitative estimate of drug-likeness (QED) is 0.584. The highest BCUT2D eigenvalue weighted by Gasteiger charge is 2.17. The summed E-state index contributed by atoms with van der Waals surface area (Å²) < 4.78 is 5.58. The van der Waals surface area contributed by atoms with Crippen molar-refractivity contribution in [3.05, 3.63) is 33.9 Å². The van der Waals surface area contributed by atoms with Crippen LogP contribution in [0.15, 0.2) is 18.2 Å². The topological polar surface area (TPSA) is 64.4 Å². The number of nitrogens with zero attached hydrogens (tertiary/aromatic N) is 1. The highest BCUT2D eigenvalue weighted by Crippen LogP contribution is 2.28. The molecule has 2 rings (SSSR count). The summed E-state index contributed by atoms with van der Waals surface area (Å²) in [5, 5.41) is 14.3. The monoisotopic (exact) mass is 310 g/mol. The van der Waals surface area contributed by atoms with Crippen LogP contribution >= 0.6 is 11.8 Å².